The maximum Gasteiger partial charge on any atom is 0.257 e. The Morgan fingerprint density at radius 2 is 1.29 bits per heavy atom. The lowest BCUT2D eigenvalue weighted by atomic mass is 9.84. The summed E-state index contributed by atoms with van der Waals surface area (Å²) >= 11 is 0. The Morgan fingerprint density at radius 3 is 1.62 bits per heavy atom. The second-order valence-electron chi connectivity index (χ2n) is 5.31. The van der Waals surface area contributed by atoms with Crippen LogP contribution in [0.2, 0.25) is 0 Å². The fraction of sp³-hybridized carbons (Fsp3) is 0.333. The summed E-state index contributed by atoms with van der Waals surface area (Å²) in [7, 11) is 0. The summed E-state index contributed by atoms with van der Waals surface area (Å²) in [6.45, 7) is 2.39. The standard InChI is InChI=1S/C18H21F2N/c1-2-21-18(17(19)20,13-15-9-5-3-6-10-15)14-16-11-7-4-8-12-16/h3-12,17,21H,2,13-14H2,1H3. The molecule has 0 fully saturated rings. The normalized spacial score (nSPS) is 11.8. The fourth-order valence-corrected chi connectivity index (χ4v) is 2.69. The van der Waals surface area contributed by atoms with Gasteiger partial charge in [0.1, 0.15) is 0 Å². The zero-order chi connectivity index (χ0) is 15.1. The highest BCUT2D eigenvalue weighted by Crippen LogP contribution is 2.26. The zero-order valence-electron chi connectivity index (χ0n) is 12.2. The molecule has 2 aromatic carbocycles. The third-order valence-electron chi connectivity index (χ3n) is 3.67. The molecular formula is C18H21F2N. The molecule has 0 unspecified atom stereocenters. The molecule has 0 aliphatic heterocycles. The Labute approximate surface area is 125 Å². The van der Waals surface area contributed by atoms with Crippen molar-refractivity contribution in [2.45, 2.75) is 31.7 Å². The fourth-order valence-electron chi connectivity index (χ4n) is 2.69. The van der Waals surface area contributed by atoms with Crippen LogP contribution in [0.3, 0.4) is 0 Å². The number of nitrogens with one attached hydrogen (secondary N) is 1. The van der Waals surface area contributed by atoms with Crippen molar-refractivity contribution < 1.29 is 8.78 Å². The van der Waals surface area contributed by atoms with Crippen LogP contribution in [-0.2, 0) is 12.8 Å². The van der Waals surface area contributed by atoms with E-state index in [0.717, 1.165) is 11.1 Å². The molecule has 2 rings (SSSR count). The van der Waals surface area contributed by atoms with Gasteiger partial charge in [-0.2, -0.15) is 0 Å². The molecule has 0 radical (unpaired) electrons. The van der Waals surface area contributed by atoms with Crippen LogP contribution in [0.1, 0.15) is 18.1 Å². The van der Waals surface area contributed by atoms with Crippen molar-refractivity contribution in [1.82, 2.24) is 5.32 Å². The number of hydrogen-bond donors (Lipinski definition) is 1. The summed E-state index contributed by atoms with van der Waals surface area (Å²) in [4.78, 5) is 0. The van der Waals surface area contributed by atoms with Crippen molar-refractivity contribution in [3.05, 3.63) is 71.8 Å². The van der Waals surface area contributed by atoms with Gasteiger partial charge in [0.05, 0.1) is 5.54 Å². The molecule has 1 nitrogen and oxygen atoms in total. The highest BCUT2D eigenvalue weighted by molar-refractivity contribution is 5.23. The molecule has 0 heterocycles. The number of hydrogen-bond acceptors (Lipinski definition) is 1. The molecule has 0 bridgehead atoms. The lowest BCUT2D eigenvalue weighted by molar-refractivity contribution is 0.0303. The van der Waals surface area contributed by atoms with Crippen LogP contribution in [0.4, 0.5) is 8.78 Å². The van der Waals surface area contributed by atoms with Crippen LogP contribution in [0, 0.1) is 0 Å². The molecule has 0 saturated carbocycles. The lowest BCUT2D eigenvalue weighted by Crippen LogP contribution is -2.54. The highest BCUT2D eigenvalue weighted by Gasteiger charge is 2.39. The average Bonchev–Trinajstić information content (AvgIpc) is 2.49. The Kier molecular flexibility index (Phi) is 5.45. The summed E-state index contributed by atoms with van der Waals surface area (Å²) < 4.78 is 27.7. The van der Waals surface area contributed by atoms with Crippen LogP contribution in [0.15, 0.2) is 60.7 Å². The minimum absolute atomic E-state index is 0.314. The van der Waals surface area contributed by atoms with Crippen molar-refractivity contribution in [2.24, 2.45) is 0 Å². The average molecular weight is 289 g/mol. The minimum Gasteiger partial charge on any atom is -0.306 e. The number of likely N-dealkylation sites (N-methyl/N-ethyl adjacent to an activating group) is 1. The van der Waals surface area contributed by atoms with Gasteiger partial charge in [0.2, 0.25) is 0 Å². The first kappa shape index (κ1) is 15.6. The third-order valence-corrected chi connectivity index (χ3v) is 3.67. The third kappa shape index (κ3) is 4.11. The summed E-state index contributed by atoms with van der Waals surface area (Å²) in [5.41, 5.74) is 0.627. The molecule has 0 saturated heterocycles. The molecule has 0 spiro atoms. The van der Waals surface area contributed by atoms with Gasteiger partial charge in [-0.25, -0.2) is 8.78 Å². The van der Waals surface area contributed by atoms with E-state index >= 15 is 0 Å². The molecule has 0 atom stereocenters. The van der Waals surface area contributed by atoms with E-state index in [1.807, 2.05) is 67.6 Å². The lowest BCUT2D eigenvalue weighted by Gasteiger charge is -2.34. The van der Waals surface area contributed by atoms with E-state index < -0.39 is 12.0 Å². The molecule has 0 aliphatic carbocycles. The van der Waals surface area contributed by atoms with Crippen LogP contribution < -0.4 is 5.32 Å². The molecular weight excluding hydrogens is 268 g/mol. The summed E-state index contributed by atoms with van der Waals surface area (Å²) in [5, 5.41) is 3.04. The van der Waals surface area contributed by atoms with Crippen molar-refractivity contribution in [3.63, 3.8) is 0 Å². The largest absolute Gasteiger partial charge is 0.306 e. The van der Waals surface area contributed by atoms with Crippen molar-refractivity contribution >= 4 is 0 Å². The van der Waals surface area contributed by atoms with Crippen LogP contribution in [0.25, 0.3) is 0 Å². The van der Waals surface area contributed by atoms with E-state index in [1.54, 1.807) is 0 Å². The topological polar surface area (TPSA) is 12.0 Å². The van der Waals surface area contributed by atoms with Crippen LogP contribution >= 0.6 is 0 Å². The molecule has 0 amide bonds. The summed E-state index contributed by atoms with van der Waals surface area (Å²) in [6.07, 6.45) is -1.81. The quantitative estimate of drug-likeness (QED) is 0.809. The number of rotatable bonds is 7. The molecule has 2 aromatic rings. The van der Waals surface area contributed by atoms with Gasteiger partial charge in [0, 0.05) is 0 Å². The van der Waals surface area contributed by atoms with Crippen molar-refractivity contribution in [2.75, 3.05) is 6.54 Å². The number of halogens is 2. The van der Waals surface area contributed by atoms with E-state index in [4.69, 9.17) is 0 Å². The first-order chi connectivity index (χ1) is 10.2. The second-order valence-corrected chi connectivity index (χ2v) is 5.31. The van der Waals surface area contributed by atoms with E-state index in [1.165, 1.54) is 0 Å². The SMILES string of the molecule is CCNC(Cc1ccccc1)(Cc1ccccc1)C(F)F. The second kappa shape index (κ2) is 7.32. The van der Waals surface area contributed by atoms with Crippen LogP contribution in [0.5, 0.6) is 0 Å². The first-order valence-electron chi connectivity index (χ1n) is 7.27. The van der Waals surface area contributed by atoms with E-state index in [0.29, 0.717) is 19.4 Å². The Balaban J connectivity index is 2.28. The van der Waals surface area contributed by atoms with Gasteiger partial charge in [0.15, 0.2) is 0 Å². The van der Waals surface area contributed by atoms with Crippen LogP contribution in [-0.4, -0.2) is 18.5 Å². The Hall–Kier alpha value is -1.74. The van der Waals surface area contributed by atoms with Gasteiger partial charge in [-0.3, -0.25) is 0 Å². The Bertz CT molecular complexity index is 484. The Morgan fingerprint density at radius 1 is 0.857 bits per heavy atom. The minimum atomic E-state index is -2.43. The maximum atomic E-state index is 13.9. The van der Waals surface area contributed by atoms with Crippen molar-refractivity contribution in [3.8, 4) is 0 Å². The molecule has 1 N–H and O–H groups in total. The van der Waals surface area contributed by atoms with Crippen molar-refractivity contribution in [1.29, 1.82) is 0 Å². The first-order valence-corrected chi connectivity index (χ1v) is 7.27. The van der Waals surface area contributed by atoms with Gasteiger partial charge in [0.25, 0.3) is 6.43 Å². The van der Waals surface area contributed by atoms with E-state index in [2.05, 4.69) is 5.32 Å². The molecule has 21 heavy (non-hydrogen) atoms. The summed E-state index contributed by atoms with van der Waals surface area (Å²) in [5.74, 6) is 0. The van der Waals surface area contributed by atoms with E-state index in [9.17, 15) is 8.78 Å². The molecule has 3 heteroatoms. The predicted octanol–water partition coefficient (Wildman–Crippen LogP) is 4.09. The smallest absolute Gasteiger partial charge is 0.257 e. The highest BCUT2D eigenvalue weighted by atomic mass is 19.3. The zero-order valence-corrected chi connectivity index (χ0v) is 12.2. The van der Waals surface area contributed by atoms with Gasteiger partial charge in [-0.1, -0.05) is 67.6 Å². The summed E-state index contributed by atoms with van der Waals surface area (Å²) in [6, 6.07) is 19.0. The molecule has 0 aliphatic rings. The predicted molar refractivity (Wildman–Crippen MR) is 82.7 cm³/mol. The monoisotopic (exact) mass is 289 g/mol. The van der Waals surface area contributed by atoms with Gasteiger partial charge in [-0.15, -0.1) is 0 Å². The van der Waals surface area contributed by atoms with Gasteiger partial charge in [-0.05, 0) is 30.5 Å². The number of alkyl halides is 2. The van der Waals surface area contributed by atoms with Gasteiger partial charge >= 0.3 is 0 Å². The van der Waals surface area contributed by atoms with Gasteiger partial charge < -0.3 is 5.32 Å². The number of benzene rings is 2. The maximum absolute atomic E-state index is 13.9. The molecule has 112 valence electrons. The molecule has 0 aromatic heterocycles. The van der Waals surface area contributed by atoms with E-state index in [-0.39, 0.29) is 0 Å².